The normalized spacial score (nSPS) is 20.5. The summed E-state index contributed by atoms with van der Waals surface area (Å²) in [7, 11) is 4.23. The highest BCUT2D eigenvalue weighted by atomic mass is 15.1. The van der Waals surface area contributed by atoms with Crippen LogP contribution in [-0.2, 0) is 6.42 Å². The number of rotatable bonds is 3. The first-order chi connectivity index (χ1) is 7.27. The summed E-state index contributed by atoms with van der Waals surface area (Å²) < 4.78 is 0. The fourth-order valence-electron chi connectivity index (χ4n) is 2.32. The smallest absolute Gasteiger partial charge is 0.0393 e. The van der Waals surface area contributed by atoms with Crippen LogP contribution in [0.4, 0.5) is 5.69 Å². The summed E-state index contributed by atoms with van der Waals surface area (Å²) in [5.74, 6) is 0.825. The van der Waals surface area contributed by atoms with E-state index >= 15 is 0 Å². The highest BCUT2D eigenvalue weighted by molar-refractivity contribution is 5.52. The van der Waals surface area contributed by atoms with Crippen molar-refractivity contribution in [3.63, 3.8) is 0 Å². The first kappa shape index (κ1) is 10.5. The van der Waals surface area contributed by atoms with Gasteiger partial charge >= 0.3 is 0 Å². The van der Waals surface area contributed by atoms with Crippen LogP contribution in [0.2, 0.25) is 0 Å². The summed E-state index contributed by atoms with van der Waals surface area (Å²) in [6, 6.07) is 8.72. The second-order valence-electron chi connectivity index (χ2n) is 4.59. The molecule has 0 bridgehead atoms. The van der Waals surface area contributed by atoms with Crippen LogP contribution in [0.3, 0.4) is 0 Å². The molecule has 2 heteroatoms. The number of anilines is 1. The standard InChI is InChI=1S/C13H20N2/c1-15(2)13-6-4-3-5-12(13)9-11-7-8-14-10-11/h3-6,11,14H,7-10H2,1-2H3. The molecule has 0 aromatic heterocycles. The Morgan fingerprint density at radius 2 is 2.13 bits per heavy atom. The van der Waals surface area contributed by atoms with Gasteiger partial charge in [-0.1, -0.05) is 18.2 Å². The minimum atomic E-state index is 0.825. The maximum Gasteiger partial charge on any atom is 0.0393 e. The van der Waals surface area contributed by atoms with E-state index in [9.17, 15) is 0 Å². The lowest BCUT2D eigenvalue weighted by Crippen LogP contribution is -2.15. The third kappa shape index (κ3) is 2.51. The molecule has 0 saturated carbocycles. The molecule has 1 unspecified atom stereocenters. The van der Waals surface area contributed by atoms with E-state index in [1.807, 2.05) is 0 Å². The van der Waals surface area contributed by atoms with Gasteiger partial charge in [-0.15, -0.1) is 0 Å². The summed E-state index contributed by atoms with van der Waals surface area (Å²) in [5.41, 5.74) is 2.85. The Morgan fingerprint density at radius 1 is 1.33 bits per heavy atom. The van der Waals surface area contributed by atoms with E-state index in [0.717, 1.165) is 5.92 Å². The average molecular weight is 204 g/mol. The first-order valence-electron chi connectivity index (χ1n) is 5.73. The predicted octanol–water partition coefficient (Wildman–Crippen LogP) is 1.90. The molecule has 1 fully saturated rings. The van der Waals surface area contributed by atoms with Crippen molar-refractivity contribution < 1.29 is 0 Å². The zero-order chi connectivity index (χ0) is 10.7. The van der Waals surface area contributed by atoms with E-state index in [0.29, 0.717) is 0 Å². The molecule has 0 aliphatic carbocycles. The molecule has 1 saturated heterocycles. The van der Waals surface area contributed by atoms with E-state index in [1.165, 1.54) is 37.2 Å². The van der Waals surface area contributed by atoms with Gasteiger partial charge in [0.05, 0.1) is 0 Å². The van der Waals surface area contributed by atoms with Gasteiger partial charge in [-0.2, -0.15) is 0 Å². The summed E-state index contributed by atoms with van der Waals surface area (Å²) in [6.07, 6.45) is 2.53. The van der Waals surface area contributed by atoms with Gasteiger partial charge in [0.25, 0.3) is 0 Å². The molecule has 0 amide bonds. The number of benzene rings is 1. The molecule has 1 heterocycles. The van der Waals surface area contributed by atoms with E-state index in [2.05, 4.69) is 48.6 Å². The minimum absolute atomic E-state index is 0.825. The van der Waals surface area contributed by atoms with Crippen LogP contribution in [0.1, 0.15) is 12.0 Å². The van der Waals surface area contributed by atoms with Crippen molar-refractivity contribution in [1.29, 1.82) is 0 Å². The van der Waals surface area contributed by atoms with Crippen molar-refractivity contribution >= 4 is 5.69 Å². The van der Waals surface area contributed by atoms with Gasteiger partial charge in [0, 0.05) is 19.8 Å². The number of para-hydroxylation sites is 1. The van der Waals surface area contributed by atoms with Crippen LogP contribution in [0.15, 0.2) is 24.3 Å². The Bertz CT molecular complexity index is 314. The number of nitrogens with zero attached hydrogens (tertiary/aromatic N) is 1. The van der Waals surface area contributed by atoms with Crippen molar-refractivity contribution in [3.8, 4) is 0 Å². The zero-order valence-electron chi connectivity index (χ0n) is 9.66. The molecule has 1 N–H and O–H groups in total. The van der Waals surface area contributed by atoms with Gasteiger partial charge in [0.2, 0.25) is 0 Å². The molecule has 2 rings (SSSR count). The SMILES string of the molecule is CN(C)c1ccccc1CC1CCNC1. The fourth-order valence-corrected chi connectivity index (χ4v) is 2.32. The molecule has 15 heavy (non-hydrogen) atoms. The summed E-state index contributed by atoms with van der Waals surface area (Å²) >= 11 is 0. The molecule has 0 spiro atoms. The van der Waals surface area contributed by atoms with Crippen molar-refractivity contribution in [3.05, 3.63) is 29.8 Å². The van der Waals surface area contributed by atoms with E-state index in [4.69, 9.17) is 0 Å². The second-order valence-corrected chi connectivity index (χ2v) is 4.59. The lowest BCUT2D eigenvalue weighted by molar-refractivity contribution is 0.580. The molecule has 1 aromatic rings. The predicted molar refractivity (Wildman–Crippen MR) is 65.4 cm³/mol. The Kier molecular flexibility index (Phi) is 3.27. The zero-order valence-corrected chi connectivity index (χ0v) is 9.66. The van der Waals surface area contributed by atoms with Gasteiger partial charge in [-0.3, -0.25) is 0 Å². The Labute approximate surface area is 92.3 Å². The highest BCUT2D eigenvalue weighted by Crippen LogP contribution is 2.23. The molecule has 1 atom stereocenters. The summed E-state index contributed by atoms with van der Waals surface area (Å²) in [6.45, 7) is 2.37. The molecule has 1 aliphatic heterocycles. The Morgan fingerprint density at radius 3 is 2.80 bits per heavy atom. The molecule has 1 aromatic carbocycles. The topological polar surface area (TPSA) is 15.3 Å². The minimum Gasteiger partial charge on any atom is -0.377 e. The third-order valence-electron chi connectivity index (χ3n) is 3.14. The van der Waals surface area contributed by atoms with Crippen molar-refractivity contribution in [2.45, 2.75) is 12.8 Å². The van der Waals surface area contributed by atoms with Gasteiger partial charge in [-0.05, 0) is 43.5 Å². The van der Waals surface area contributed by atoms with Crippen LogP contribution in [-0.4, -0.2) is 27.2 Å². The van der Waals surface area contributed by atoms with Crippen molar-refractivity contribution in [2.24, 2.45) is 5.92 Å². The van der Waals surface area contributed by atoms with Crippen LogP contribution in [0, 0.1) is 5.92 Å². The Balaban J connectivity index is 2.12. The average Bonchev–Trinajstić information content (AvgIpc) is 2.71. The van der Waals surface area contributed by atoms with E-state index in [1.54, 1.807) is 0 Å². The van der Waals surface area contributed by atoms with E-state index < -0.39 is 0 Å². The van der Waals surface area contributed by atoms with Crippen LogP contribution in [0.5, 0.6) is 0 Å². The molecule has 82 valence electrons. The fraction of sp³-hybridized carbons (Fsp3) is 0.538. The number of nitrogens with one attached hydrogen (secondary N) is 1. The van der Waals surface area contributed by atoms with Gasteiger partial charge < -0.3 is 10.2 Å². The van der Waals surface area contributed by atoms with Gasteiger partial charge in [-0.25, -0.2) is 0 Å². The van der Waals surface area contributed by atoms with Crippen LogP contribution >= 0.6 is 0 Å². The lowest BCUT2D eigenvalue weighted by Gasteiger charge is -2.19. The van der Waals surface area contributed by atoms with Crippen molar-refractivity contribution in [1.82, 2.24) is 5.32 Å². The largest absolute Gasteiger partial charge is 0.377 e. The van der Waals surface area contributed by atoms with Crippen molar-refractivity contribution in [2.75, 3.05) is 32.1 Å². The lowest BCUT2D eigenvalue weighted by atomic mass is 9.97. The Hall–Kier alpha value is -1.02. The quantitative estimate of drug-likeness (QED) is 0.809. The van der Waals surface area contributed by atoms with Crippen LogP contribution < -0.4 is 10.2 Å². The summed E-state index contributed by atoms with van der Waals surface area (Å²) in [5, 5.41) is 3.43. The van der Waals surface area contributed by atoms with Crippen LogP contribution in [0.25, 0.3) is 0 Å². The number of hydrogen-bond acceptors (Lipinski definition) is 2. The molecule has 2 nitrogen and oxygen atoms in total. The number of hydrogen-bond donors (Lipinski definition) is 1. The maximum absolute atomic E-state index is 3.43. The first-order valence-corrected chi connectivity index (χ1v) is 5.73. The third-order valence-corrected chi connectivity index (χ3v) is 3.14. The molecular formula is C13H20N2. The molecular weight excluding hydrogens is 184 g/mol. The molecule has 1 aliphatic rings. The van der Waals surface area contributed by atoms with Gasteiger partial charge in [0.1, 0.15) is 0 Å². The summed E-state index contributed by atoms with van der Waals surface area (Å²) in [4.78, 5) is 2.21. The maximum atomic E-state index is 3.43. The second kappa shape index (κ2) is 4.67. The molecule has 0 radical (unpaired) electrons. The van der Waals surface area contributed by atoms with E-state index in [-0.39, 0.29) is 0 Å². The monoisotopic (exact) mass is 204 g/mol. The van der Waals surface area contributed by atoms with Gasteiger partial charge in [0.15, 0.2) is 0 Å². The highest BCUT2D eigenvalue weighted by Gasteiger charge is 2.16.